The molecule has 1 heterocycles. The van der Waals surface area contributed by atoms with E-state index in [4.69, 9.17) is 4.74 Å². The zero-order chi connectivity index (χ0) is 17.8. The molecule has 2 aromatic rings. The lowest BCUT2D eigenvalue weighted by Crippen LogP contribution is -2.31. The molecule has 1 saturated heterocycles. The molecule has 2 atom stereocenters. The second kappa shape index (κ2) is 7.66. The van der Waals surface area contributed by atoms with Gasteiger partial charge < -0.3 is 14.7 Å². The van der Waals surface area contributed by atoms with Gasteiger partial charge in [-0.25, -0.2) is 4.39 Å². The van der Waals surface area contributed by atoms with Gasteiger partial charge in [0, 0.05) is 13.0 Å². The molecule has 132 valence electrons. The fourth-order valence-corrected chi connectivity index (χ4v) is 3.31. The van der Waals surface area contributed by atoms with Crippen molar-refractivity contribution in [1.82, 2.24) is 4.90 Å². The van der Waals surface area contributed by atoms with Crippen LogP contribution >= 0.6 is 0 Å². The van der Waals surface area contributed by atoms with Crippen LogP contribution in [0, 0.1) is 5.82 Å². The van der Waals surface area contributed by atoms with Gasteiger partial charge in [-0.3, -0.25) is 4.79 Å². The maximum absolute atomic E-state index is 13.1. The lowest BCUT2D eigenvalue weighted by molar-refractivity contribution is -0.132. The van der Waals surface area contributed by atoms with Gasteiger partial charge in [-0.2, -0.15) is 0 Å². The summed E-state index contributed by atoms with van der Waals surface area (Å²) >= 11 is 0. The smallest absolute Gasteiger partial charge is 0.223 e. The average molecular weight is 343 g/mol. The Balaban J connectivity index is 1.67. The summed E-state index contributed by atoms with van der Waals surface area (Å²) in [5.41, 5.74) is 1.89. The Labute approximate surface area is 146 Å². The lowest BCUT2D eigenvalue weighted by atomic mass is 10.0. The molecule has 0 aliphatic carbocycles. The van der Waals surface area contributed by atoms with Crippen molar-refractivity contribution in [3.05, 3.63) is 65.5 Å². The normalized spacial score (nSPS) is 19.9. The molecular weight excluding hydrogens is 321 g/mol. The molecule has 1 amide bonds. The number of ether oxygens (including phenoxy) is 1. The van der Waals surface area contributed by atoms with Gasteiger partial charge in [0.1, 0.15) is 11.6 Å². The number of hydrogen-bond donors (Lipinski definition) is 1. The van der Waals surface area contributed by atoms with E-state index in [1.807, 2.05) is 24.3 Å². The molecule has 0 saturated carbocycles. The number of β-amino-alcohol motifs (C(OH)–C–C–N with tert-alkyl or cyclic N) is 1. The van der Waals surface area contributed by atoms with Gasteiger partial charge >= 0.3 is 0 Å². The minimum Gasteiger partial charge on any atom is -0.497 e. The van der Waals surface area contributed by atoms with Crippen molar-refractivity contribution in [2.75, 3.05) is 13.7 Å². The van der Waals surface area contributed by atoms with Crippen LogP contribution in [-0.4, -0.2) is 35.7 Å². The molecular formula is C20H22FNO3. The molecule has 4 nitrogen and oxygen atoms in total. The van der Waals surface area contributed by atoms with Gasteiger partial charge in [0.05, 0.1) is 19.3 Å². The zero-order valence-electron chi connectivity index (χ0n) is 14.2. The number of aryl methyl sites for hydroxylation is 1. The Morgan fingerprint density at radius 1 is 1.28 bits per heavy atom. The van der Waals surface area contributed by atoms with Crippen molar-refractivity contribution in [2.45, 2.75) is 31.4 Å². The molecule has 25 heavy (non-hydrogen) atoms. The van der Waals surface area contributed by atoms with Gasteiger partial charge in [0.15, 0.2) is 0 Å². The largest absolute Gasteiger partial charge is 0.497 e. The number of hydrogen-bond acceptors (Lipinski definition) is 3. The third-order valence-electron chi connectivity index (χ3n) is 4.62. The number of carbonyl (C=O) groups excluding carboxylic acids is 1. The Kier molecular flexibility index (Phi) is 5.34. The summed E-state index contributed by atoms with van der Waals surface area (Å²) in [7, 11) is 1.61. The molecule has 0 radical (unpaired) electrons. The first kappa shape index (κ1) is 17.4. The number of halogens is 1. The molecule has 5 heteroatoms. The van der Waals surface area contributed by atoms with E-state index in [9.17, 15) is 14.3 Å². The monoisotopic (exact) mass is 343 g/mol. The number of aliphatic hydroxyl groups excluding tert-OH is 1. The molecule has 2 aromatic carbocycles. The van der Waals surface area contributed by atoms with Crippen LogP contribution in [0.5, 0.6) is 5.75 Å². The highest BCUT2D eigenvalue weighted by atomic mass is 19.1. The summed E-state index contributed by atoms with van der Waals surface area (Å²) in [6, 6.07) is 13.6. The molecule has 3 rings (SSSR count). The third kappa shape index (κ3) is 4.17. The second-order valence-corrected chi connectivity index (χ2v) is 6.35. The number of likely N-dealkylation sites (tertiary alicyclic amines) is 1. The minimum absolute atomic E-state index is 0.00584. The van der Waals surface area contributed by atoms with Crippen molar-refractivity contribution < 1.29 is 19.0 Å². The van der Waals surface area contributed by atoms with Crippen LogP contribution in [0.1, 0.15) is 30.0 Å². The number of carbonyl (C=O) groups is 1. The van der Waals surface area contributed by atoms with Crippen molar-refractivity contribution in [1.29, 1.82) is 0 Å². The van der Waals surface area contributed by atoms with Gasteiger partial charge in [-0.05, 0) is 48.2 Å². The minimum atomic E-state index is -0.546. The molecule has 1 aliphatic heterocycles. The van der Waals surface area contributed by atoms with Crippen LogP contribution in [0.15, 0.2) is 48.5 Å². The van der Waals surface area contributed by atoms with E-state index >= 15 is 0 Å². The highest BCUT2D eigenvalue weighted by molar-refractivity contribution is 5.77. The van der Waals surface area contributed by atoms with E-state index in [0.717, 1.165) is 16.9 Å². The summed E-state index contributed by atoms with van der Waals surface area (Å²) < 4.78 is 18.3. The number of nitrogens with zero attached hydrogens (tertiary/aromatic N) is 1. The quantitative estimate of drug-likeness (QED) is 0.908. The number of rotatable bonds is 5. The van der Waals surface area contributed by atoms with Crippen molar-refractivity contribution in [2.24, 2.45) is 0 Å². The first-order chi connectivity index (χ1) is 12.1. The Hall–Kier alpha value is -2.40. The van der Waals surface area contributed by atoms with E-state index in [1.54, 1.807) is 24.1 Å². The SMILES string of the molecule is COc1cccc(CCC(=O)N2CC(O)CC2c2ccc(F)cc2)c1. The standard InChI is InChI=1S/C20H22FNO3/c1-25-18-4-2-3-14(11-18)5-10-20(24)22-13-17(23)12-19(22)15-6-8-16(21)9-7-15/h2-4,6-9,11,17,19,23H,5,10,12-13H2,1H3. The molecule has 0 aromatic heterocycles. The van der Waals surface area contributed by atoms with Gasteiger partial charge in [0.25, 0.3) is 0 Å². The first-order valence-electron chi connectivity index (χ1n) is 8.42. The Morgan fingerprint density at radius 3 is 2.76 bits per heavy atom. The fourth-order valence-electron chi connectivity index (χ4n) is 3.31. The number of methoxy groups -OCH3 is 1. The third-order valence-corrected chi connectivity index (χ3v) is 4.62. The molecule has 2 unspecified atom stereocenters. The van der Waals surface area contributed by atoms with Gasteiger partial charge in [0.2, 0.25) is 5.91 Å². The number of amides is 1. The maximum atomic E-state index is 13.1. The predicted molar refractivity (Wildman–Crippen MR) is 92.8 cm³/mol. The fraction of sp³-hybridized carbons (Fsp3) is 0.350. The van der Waals surface area contributed by atoms with E-state index in [0.29, 0.717) is 25.8 Å². The zero-order valence-corrected chi connectivity index (χ0v) is 14.2. The highest BCUT2D eigenvalue weighted by Crippen LogP contribution is 2.33. The summed E-state index contributed by atoms with van der Waals surface area (Å²) in [4.78, 5) is 14.4. The van der Waals surface area contributed by atoms with Crippen LogP contribution in [0.4, 0.5) is 4.39 Å². The topological polar surface area (TPSA) is 49.8 Å². The molecule has 1 aliphatic rings. The lowest BCUT2D eigenvalue weighted by Gasteiger charge is -2.25. The number of aliphatic hydroxyl groups is 1. The van der Waals surface area contributed by atoms with Crippen LogP contribution in [0.2, 0.25) is 0 Å². The second-order valence-electron chi connectivity index (χ2n) is 6.35. The average Bonchev–Trinajstić information content (AvgIpc) is 3.02. The van der Waals surface area contributed by atoms with E-state index in [-0.39, 0.29) is 17.8 Å². The predicted octanol–water partition coefficient (Wildman–Crippen LogP) is 3.10. The molecule has 0 spiro atoms. The molecule has 0 bridgehead atoms. The Morgan fingerprint density at radius 2 is 2.04 bits per heavy atom. The van der Waals surface area contributed by atoms with Crippen molar-refractivity contribution in [3.8, 4) is 5.75 Å². The van der Waals surface area contributed by atoms with Crippen LogP contribution in [-0.2, 0) is 11.2 Å². The van der Waals surface area contributed by atoms with E-state index < -0.39 is 6.10 Å². The van der Waals surface area contributed by atoms with Gasteiger partial charge in [-0.15, -0.1) is 0 Å². The van der Waals surface area contributed by atoms with E-state index in [2.05, 4.69) is 0 Å². The van der Waals surface area contributed by atoms with Gasteiger partial charge in [-0.1, -0.05) is 24.3 Å². The van der Waals surface area contributed by atoms with Crippen LogP contribution in [0.3, 0.4) is 0 Å². The Bertz CT molecular complexity index is 732. The van der Waals surface area contributed by atoms with Crippen LogP contribution in [0.25, 0.3) is 0 Å². The summed E-state index contributed by atoms with van der Waals surface area (Å²) in [5.74, 6) is 0.456. The van der Waals surface area contributed by atoms with Crippen molar-refractivity contribution in [3.63, 3.8) is 0 Å². The van der Waals surface area contributed by atoms with Crippen molar-refractivity contribution >= 4 is 5.91 Å². The summed E-state index contributed by atoms with van der Waals surface area (Å²) in [6.07, 6.45) is 0.906. The summed E-state index contributed by atoms with van der Waals surface area (Å²) in [6.45, 7) is 0.318. The molecule has 1 N–H and O–H groups in total. The molecule has 1 fully saturated rings. The van der Waals surface area contributed by atoms with Crippen LogP contribution < -0.4 is 4.74 Å². The first-order valence-corrected chi connectivity index (χ1v) is 8.42. The number of benzene rings is 2. The van der Waals surface area contributed by atoms with E-state index in [1.165, 1.54) is 12.1 Å². The summed E-state index contributed by atoms with van der Waals surface area (Å²) in [5, 5.41) is 10.0. The maximum Gasteiger partial charge on any atom is 0.223 e. The highest BCUT2D eigenvalue weighted by Gasteiger charge is 2.34.